The predicted molar refractivity (Wildman–Crippen MR) is 91.9 cm³/mol. The highest BCUT2D eigenvalue weighted by atomic mass is 79.9. The van der Waals surface area contributed by atoms with Gasteiger partial charge in [0.1, 0.15) is 11.6 Å². The molecule has 0 aliphatic rings. The fourth-order valence-electron chi connectivity index (χ4n) is 2.19. The molecule has 1 aromatic heterocycles. The third-order valence-corrected chi connectivity index (χ3v) is 4.34. The van der Waals surface area contributed by atoms with E-state index in [1.165, 1.54) is 4.90 Å². The summed E-state index contributed by atoms with van der Waals surface area (Å²) >= 11 is 3.37. The fraction of sp³-hybridized carbons (Fsp3) is 0.438. The molecule has 24 heavy (non-hydrogen) atoms. The third-order valence-electron chi connectivity index (χ3n) is 3.81. The van der Waals surface area contributed by atoms with Gasteiger partial charge in [-0.25, -0.2) is 0 Å². The van der Waals surface area contributed by atoms with Crippen LogP contribution in [0.25, 0.3) is 0 Å². The number of halogens is 1. The third kappa shape index (κ3) is 4.00. The number of nitrogens with zero attached hydrogens (tertiary/aromatic N) is 3. The Bertz CT molecular complexity index is 700. The topological polar surface area (TPSA) is 94.5 Å². The van der Waals surface area contributed by atoms with Crippen LogP contribution in [0, 0.1) is 0 Å². The van der Waals surface area contributed by atoms with Gasteiger partial charge < -0.3 is 19.9 Å². The molecule has 0 bridgehead atoms. The number of methoxy groups -OCH3 is 1. The monoisotopic (exact) mass is 396 g/mol. The lowest BCUT2D eigenvalue weighted by atomic mass is 9.92. The zero-order chi connectivity index (χ0) is 17.9. The number of aromatic nitrogens is 2. The van der Waals surface area contributed by atoms with Crippen molar-refractivity contribution in [3.8, 4) is 0 Å². The van der Waals surface area contributed by atoms with Crippen LogP contribution in [0.3, 0.4) is 0 Å². The van der Waals surface area contributed by atoms with Crippen LogP contribution in [0.5, 0.6) is 0 Å². The van der Waals surface area contributed by atoms with E-state index in [4.69, 9.17) is 15.0 Å². The fourth-order valence-corrected chi connectivity index (χ4v) is 2.46. The SMILES string of the molecule is COC(C)c1noc(CN(C)C(=O)C(C)(N)c2ccc(Br)cc2)n1. The van der Waals surface area contributed by atoms with Crippen molar-refractivity contribution >= 4 is 21.8 Å². The molecule has 2 atom stereocenters. The van der Waals surface area contributed by atoms with Crippen molar-refractivity contribution in [2.24, 2.45) is 5.73 Å². The van der Waals surface area contributed by atoms with Gasteiger partial charge in [0.2, 0.25) is 11.8 Å². The maximum atomic E-state index is 12.7. The van der Waals surface area contributed by atoms with Gasteiger partial charge in [-0.2, -0.15) is 4.98 Å². The van der Waals surface area contributed by atoms with Crippen LogP contribution in [0.1, 0.15) is 37.2 Å². The zero-order valence-corrected chi connectivity index (χ0v) is 15.7. The lowest BCUT2D eigenvalue weighted by molar-refractivity contribution is -0.136. The average molecular weight is 397 g/mol. The largest absolute Gasteiger partial charge is 0.374 e. The van der Waals surface area contributed by atoms with Gasteiger partial charge in [0.15, 0.2) is 5.82 Å². The predicted octanol–water partition coefficient (Wildman–Crippen LogP) is 2.37. The van der Waals surface area contributed by atoms with E-state index in [-0.39, 0.29) is 18.6 Å². The molecule has 2 rings (SSSR count). The van der Waals surface area contributed by atoms with Gasteiger partial charge in [0.25, 0.3) is 0 Å². The Morgan fingerprint density at radius 1 is 1.46 bits per heavy atom. The maximum absolute atomic E-state index is 12.7. The molecule has 1 aromatic carbocycles. The van der Waals surface area contributed by atoms with E-state index >= 15 is 0 Å². The Labute approximate surface area is 149 Å². The van der Waals surface area contributed by atoms with Crippen LogP contribution >= 0.6 is 15.9 Å². The smallest absolute Gasteiger partial charge is 0.247 e. The lowest BCUT2D eigenvalue weighted by Gasteiger charge is -2.29. The molecule has 0 aliphatic heterocycles. The molecule has 8 heteroatoms. The first-order valence-electron chi connectivity index (χ1n) is 7.41. The van der Waals surface area contributed by atoms with Crippen LogP contribution in [-0.4, -0.2) is 35.1 Å². The summed E-state index contributed by atoms with van der Waals surface area (Å²) in [5.74, 6) is 0.525. The highest BCUT2D eigenvalue weighted by molar-refractivity contribution is 9.10. The van der Waals surface area contributed by atoms with Crippen molar-refractivity contribution in [2.75, 3.05) is 14.2 Å². The molecule has 1 heterocycles. The number of hydrogen-bond acceptors (Lipinski definition) is 6. The maximum Gasteiger partial charge on any atom is 0.247 e. The lowest BCUT2D eigenvalue weighted by Crippen LogP contribution is -2.49. The first-order valence-corrected chi connectivity index (χ1v) is 8.20. The summed E-state index contributed by atoms with van der Waals surface area (Å²) in [5.41, 5.74) is 5.84. The van der Waals surface area contributed by atoms with Crippen molar-refractivity contribution in [1.29, 1.82) is 0 Å². The molecule has 2 aromatic rings. The van der Waals surface area contributed by atoms with Crippen molar-refractivity contribution in [3.63, 3.8) is 0 Å². The zero-order valence-electron chi connectivity index (χ0n) is 14.1. The van der Waals surface area contributed by atoms with Gasteiger partial charge in [-0.1, -0.05) is 33.2 Å². The average Bonchev–Trinajstić information content (AvgIpc) is 3.02. The van der Waals surface area contributed by atoms with Gasteiger partial charge >= 0.3 is 0 Å². The highest BCUT2D eigenvalue weighted by Crippen LogP contribution is 2.23. The molecule has 0 saturated heterocycles. The number of carbonyl (C=O) groups is 1. The summed E-state index contributed by atoms with van der Waals surface area (Å²) in [4.78, 5) is 18.4. The minimum absolute atomic E-state index is 0.172. The Morgan fingerprint density at radius 3 is 2.67 bits per heavy atom. The van der Waals surface area contributed by atoms with E-state index < -0.39 is 5.54 Å². The van der Waals surface area contributed by atoms with Crippen LogP contribution in [-0.2, 0) is 21.6 Å². The van der Waals surface area contributed by atoms with E-state index in [1.54, 1.807) is 21.1 Å². The van der Waals surface area contributed by atoms with Crippen LogP contribution in [0.15, 0.2) is 33.3 Å². The van der Waals surface area contributed by atoms with Gasteiger partial charge in [-0.3, -0.25) is 4.79 Å². The molecule has 0 spiro atoms. The molecule has 0 saturated carbocycles. The first-order chi connectivity index (χ1) is 11.3. The molecule has 130 valence electrons. The normalized spacial score (nSPS) is 14.9. The van der Waals surface area contributed by atoms with Crippen molar-refractivity contribution < 1.29 is 14.1 Å². The highest BCUT2D eigenvalue weighted by Gasteiger charge is 2.33. The number of ether oxygens (including phenoxy) is 1. The number of rotatable bonds is 6. The molecular weight excluding hydrogens is 376 g/mol. The minimum atomic E-state index is -1.15. The second-order valence-electron chi connectivity index (χ2n) is 5.79. The molecule has 2 unspecified atom stereocenters. The summed E-state index contributed by atoms with van der Waals surface area (Å²) in [7, 11) is 3.21. The number of hydrogen-bond donors (Lipinski definition) is 1. The first kappa shape index (κ1) is 18.6. The molecule has 0 aliphatic carbocycles. The van der Waals surface area contributed by atoms with Crippen molar-refractivity contribution in [3.05, 3.63) is 46.0 Å². The van der Waals surface area contributed by atoms with Crippen molar-refractivity contribution in [2.45, 2.75) is 32.0 Å². The van der Waals surface area contributed by atoms with E-state index in [0.29, 0.717) is 11.7 Å². The molecule has 1 amide bonds. The number of nitrogens with two attached hydrogens (primary N) is 1. The molecule has 0 radical (unpaired) electrons. The standard InChI is InChI=1S/C16H21BrN4O3/c1-10(23-4)14-19-13(24-20-14)9-21(3)15(22)16(2,18)11-5-7-12(17)8-6-11/h5-8,10H,9,18H2,1-4H3. The summed E-state index contributed by atoms with van der Waals surface area (Å²) in [5, 5.41) is 3.84. The molecule has 7 nitrogen and oxygen atoms in total. The number of amides is 1. The van der Waals surface area contributed by atoms with Crippen LogP contribution in [0.2, 0.25) is 0 Å². The number of carbonyl (C=O) groups excluding carboxylic acids is 1. The van der Waals surface area contributed by atoms with Gasteiger partial charge in [0.05, 0.1) is 6.54 Å². The van der Waals surface area contributed by atoms with Crippen LogP contribution < -0.4 is 5.73 Å². The summed E-state index contributed by atoms with van der Waals surface area (Å²) < 4.78 is 11.2. The second kappa shape index (κ2) is 7.42. The number of likely N-dealkylation sites (N-methyl/N-ethyl adjacent to an activating group) is 1. The van der Waals surface area contributed by atoms with E-state index in [9.17, 15) is 4.79 Å². The van der Waals surface area contributed by atoms with Crippen LogP contribution in [0.4, 0.5) is 0 Å². The van der Waals surface area contributed by atoms with Gasteiger partial charge in [0, 0.05) is 18.6 Å². The Kier molecular flexibility index (Phi) is 5.74. The summed E-state index contributed by atoms with van der Waals surface area (Å²) in [6, 6.07) is 7.34. The van der Waals surface area contributed by atoms with Gasteiger partial charge in [-0.05, 0) is 31.5 Å². The molecule has 2 N–H and O–H groups in total. The van der Waals surface area contributed by atoms with E-state index in [0.717, 1.165) is 10.0 Å². The molecule has 0 fully saturated rings. The number of benzene rings is 1. The Balaban J connectivity index is 2.10. The van der Waals surface area contributed by atoms with E-state index in [2.05, 4.69) is 26.1 Å². The van der Waals surface area contributed by atoms with E-state index in [1.807, 2.05) is 31.2 Å². The second-order valence-corrected chi connectivity index (χ2v) is 6.71. The van der Waals surface area contributed by atoms with Crippen molar-refractivity contribution in [1.82, 2.24) is 15.0 Å². The quantitative estimate of drug-likeness (QED) is 0.804. The minimum Gasteiger partial charge on any atom is -0.374 e. The van der Waals surface area contributed by atoms with Gasteiger partial charge in [-0.15, -0.1) is 0 Å². The summed E-state index contributed by atoms with van der Waals surface area (Å²) in [6.45, 7) is 3.67. The summed E-state index contributed by atoms with van der Waals surface area (Å²) in [6.07, 6.45) is -0.272. The Morgan fingerprint density at radius 2 is 2.08 bits per heavy atom. The molecular formula is C16H21BrN4O3. The Hall–Kier alpha value is -1.77.